The summed E-state index contributed by atoms with van der Waals surface area (Å²) in [6.45, 7) is 3.75. The molecule has 0 radical (unpaired) electrons. The zero-order valence-corrected chi connectivity index (χ0v) is 13.4. The highest BCUT2D eigenvalue weighted by molar-refractivity contribution is 9.10. The van der Waals surface area contributed by atoms with Crippen LogP contribution in [0.1, 0.15) is 29.9 Å². The van der Waals surface area contributed by atoms with E-state index in [1.807, 2.05) is 31.2 Å². The number of aryl methyl sites for hydroxylation is 1. The largest absolute Gasteiger partial charge is 0.461 e. The van der Waals surface area contributed by atoms with Crippen molar-refractivity contribution in [1.82, 2.24) is 9.78 Å². The monoisotopic (exact) mass is 350 g/mol. The Hall–Kier alpha value is -1.95. The van der Waals surface area contributed by atoms with E-state index in [0.29, 0.717) is 12.0 Å². The third-order valence-electron chi connectivity index (χ3n) is 2.94. The van der Waals surface area contributed by atoms with Gasteiger partial charge in [-0.05, 0) is 41.4 Å². The highest BCUT2D eigenvalue weighted by atomic mass is 79.9. The third-order valence-corrected chi connectivity index (χ3v) is 3.61. The first kappa shape index (κ1) is 15.4. The number of nitrogens with zero attached hydrogens (tertiary/aromatic N) is 2. The van der Waals surface area contributed by atoms with Crippen molar-refractivity contribution in [1.29, 1.82) is 0 Å². The number of rotatable bonds is 4. The summed E-state index contributed by atoms with van der Waals surface area (Å²) >= 11 is 3.44. The van der Waals surface area contributed by atoms with Crippen molar-refractivity contribution in [2.24, 2.45) is 0 Å². The Morgan fingerprint density at radius 2 is 2.05 bits per heavy atom. The summed E-state index contributed by atoms with van der Waals surface area (Å²) < 4.78 is 7.24. The van der Waals surface area contributed by atoms with Crippen LogP contribution in [0.25, 0.3) is 5.69 Å². The molecule has 21 heavy (non-hydrogen) atoms. The summed E-state index contributed by atoms with van der Waals surface area (Å²) in [5.74, 6) is -0.696. The number of hydrogen-bond acceptors (Lipinski definition) is 4. The minimum Gasteiger partial charge on any atom is -0.461 e. The lowest BCUT2D eigenvalue weighted by Gasteiger charge is -2.11. The van der Waals surface area contributed by atoms with Gasteiger partial charge in [0.15, 0.2) is 0 Å². The summed E-state index contributed by atoms with van der Waals surface area (Å²) in [6, 6.07) is 7.44. The highest BCUT2D eigenvalue weighted by Gasteiger charge is 2.18. The molecule has 0 atom stereocenters. The van der Waals surface area contributed by atoms with E-state index in [4.69, 9.17) is 4.74 Å². The van der Waals surface area contributed by atoms with Gasteiger partial charge in [0.1, 0.15) is 0 Å². The zero-order valence-electron chi connectivity index (χ0n) is 11.8. The lowest BCUT2D eigenvalue weighted by molar-refractivity contribution is 0.0515. The van der Waals surface area contributed by atoms with Gasteiger partial charge in [0.25, 0.3) is 0 Å². The van der Waals surface area contributed by atoms with Crippen LogP contribution in [-0.2, 0) is 11.2 Å². The van der Waals surface area contributed by atoms with E-state index < -0.39 is 5.97 Å². The fourth-order valence-electron chi connectivity index (χ4n) is 1.89. The second kappa shape index (κ2) is 6.67. The second-order valence-electron chi connectivity index (χ2n) is 4.30. The van der Waals surface area contributed by atoms with Crippen LogP contribution in [0.2, 0.25) is 0 Å². The quantitative estimate of drug-likeness (QED) is 0.795. The van der Waals surface area contributed by atoms with E-state index in [1.54, 1.807) is 13.1 Å². The molecule has 110 valence electrons. The van der Waals surface area contributed by atoms with Gasteiger partial charge in [-0.3, -0.25) is 4.79 Å². The molecule has 0 saturated carbocycles. The van der Waals surface area contributed by atoms with Gasteiger partial charge in [-0.25, -0.2) is 9.48 Å². The van der Waals surface area contributed by atoms with Gasteiger partial charge in [-0.1, -0.05) is 19.1 Å². The van der Waals surface area contributed by atoms with Crippen LogP contribution in [0.3, 0.4) is 0 Å². The van der Waals surface area contributed by atoms with E-state index in [1.165, 1.54) is 4.68 Å². The maximum Gasteiger partial charge on any atom is 0.362 e. The Labute approximate surface area is 130 Å². The maximum atomic E-state index is 12.2. The van der Waals surface area contributed by atoms with Gasteiger partial charge in [0.2, 0.25) is 11.1 Å². The molecule has 0 unspecified atom stereocenters. The highest BCUT2D eigenvalue weighted by Crippen LogP contribution is 2.19. The average Bonchev–Trinajstić information content (AvgIpc) is 2.48. The predicted molar refractivity (Wildman–Crippen MR) is 82.9 cm³/mol. The van der Waals surface area contributed by atoms with Gasteiger partial charge in [-0.15, -0.1) is 0 Å². The zero-order chi connectivity index (χ0) is 15.4. The number of halogens is 1. The molecule has 0 bridgehead atoms. The van der Waals surface area contributed by atoms with E-state index in [9.17, 15) is 9.59 Å². The average molecular weight is 351 g/mol. The van der Waals surface area contributed by atoms with E-state index >= 15 is 0 Å². The minimum absolute atomic E-state index is 0.188. The maximum absolute atomic E-state index is 12.2. The second-order valence-corrected chi connectivity index (χ2v) is 5.16. The molecule has 0 aliphatic rings. The molecule has 2 rings (SSSR count). The third kappa shape index (κ3) is 3.21. The lowest BCUT2D eigenvalue weighted by atomic mass is 10.2. The summed E-state index contributed by atoms with van der Waals surface area (Å²) in [6.07, 6.45) is 2.16. The van der Waals surface area contributed by atoms with Crippen molar-refractivity contribution < 1.29 is 9.53 Å². The summed E-state index contributed by atoms with van der Waals surface area (Å²) in [5.41, 5.74) is 0.702. The fourth-order valence-corrected chi connectivity index (χ4v) is 2.35. The number of benzene rings is 1. The van der Waals surface area contributed by atoms with Crippen LogP contribution in [-0.4, -0.2) is 22.4 Å². The van der Waals surface area contributed by atoms with E-state index in [-0.39, 0.29) is 17.7 Å². The summed E-state index contributed by atoms with van der Waals surface area (Å²) in [5, 5.41) is 4.13. The first-order chi connectivity index (χ1) is 10.1. The van der Waals surface area contributed by atoms with Crippen LogP contribution < -0.4 is 5.43 Å². The van der Waals surface area contributed by atoms with E-state index in [0.717, 1.165) is 10.2 Å². The molecular weight excluding hydrogens is 336 g/mol. The Morgan fingerprint density at radius 3 is 2.67 bits per heavy atom. The van der Waals surface area contributed by atoms with Gasteiger partial charge in [-0.2, -0.15) is 5.10 Å². The van der Waals surface area contributed by atoms with Crippen molar-refractivity contribution >= 4 is 21.9 Å². The molecule has 1 heterocycles. The first-order valence-electron chi connectivity index (χ1n) is 6.63. The Balaban J connectivity index is 2.64. The predicted octanol–water partition coefficient (Wildman–Crippen LogP) is 2.73. The fraction of sp³-hybridized carbons (Fsp3) is 0.267. The molecule has 0 amide bonds. The first-order valence-corrected chi connectivity index (χ1v) is 7.42. The Bertz CT molecular complexity index is 725. The number of carbonyl (C=O) groups is 1. The molecule has 1 aromatic heterocycles. The molecular formula is C15H15BrN2O3. The topological polar surface area (TPSA) is 61.2 Å². The van der Waals surface area contributed by atoms with Crippen molar-refractivity contribution in [2.45, 2.75) is 20.3 Å². The molecule has 1 aromatic carbocycles. The molecule has 0 spiro atoms. The van der Waals surface area contributed by atoms with Gasteiger partial charge < -0.3 is 4.74 Å². The van der Waals surface area contributed by atoms with Crippen LogP contribution >= 0.6 is 15.9 Å². The SMILES string of the molecule is CCOC(=O)c1nn(-c2ccccc2Br)cc(CC)c1=O. The molecule has 0 aliphatic heterocycles. The van der Waals surface area contributed by atoms with Crippen molar-refractivity contribution in [3.8, 4) is 5.69 Å². The van der Waals surface area contributed by atoms with Gasteiger partial charge in [0, 0.05) is 16.2 Å². The van der Waals surface area contributed by atoms with Crippen LogP contribution in [0.4, 0.5) is 0 Å². The van der Waals surface area contributed by atoms with Gasteiger partial charge >= 0.3 is 5.97 Å². The van der Waals surface area contributed by atoms with E-state index in [2.05, 4.69) is 21.0 Å². The molecule has 5 nitrogen and oxygen atoms in total. The molecule has 0 aliphatic carbocycles. The molecule has 0 saturated heterocycles. The molecule has 2 aromatic rings. The Kier molecular flexibility index (Phi) is 4.90. The molecule has 0 N–H and O–H groups in total. The number of carbonyl (C=O) groups excluding carboxylic acids is 1. The number of hydrogen-bond donors (Lipinski definition) is 0. The number of ether oxygens (including phenoxy) is 1. The number of para-hydroxylation sites is 1. The standard InChI is InChI=1S/C15H15BrN2O3/c1-3-10-9-18(12-8-6-5-7-11(12)16)17-13(14(10)19)15(20)21-4-2/h5-9H,3-4H2,1-2H3. The summed E-state index contributed by atoms with van der Waals surface area (Å²) in [4.78, 5) is 24.1. The van der Waals surface area contributed by atoms with Gasteiger partial charge in [0.05, 0.1) is 12.3 Å². The number of esters is 1. The number of aromatic nitrogens is 2. The lowest BCUT2D eigenvalue weighted by Crippen LogP contribution is -2.26. The van der Waals surface area contributed by atoms with Crippen LogP contribution in [0, 0.1) is 0 Å². The van der Waals surface area contributed by atoms with Crippen LogP contribution in [0.5, 0.6) is 0 Å². The smallest absolute Gasteiger partial charge is 0.362 e. The minimum atomic E-state index is -0.696. The van der Waals surface area contributed by atoms with Crippen molar-refractivity contribution in [2.75, 3.05) is 6.61 Å². The summed E-state index contributed by atoms with van der Waals surface area (Å²) in [7, 11) is 0. The van der Waals surface area contributed by atoms with Crippen molar-refractivity contribution in [3.05, 3.63) is 56.4 Å². The molecule has 6 heteroatoms. The van der Waals surface area contributed by atoms with Crippen molar-refractivity contribution in [3.63, 3.8) is 0 Å². The normalized spacial score (nSPS) is 10.4. The Morgan fingerprint density at radius 1 is 1.33 bits per heavy atom. The molecule has 0 fully saturated rings. The van der Waals surface area contributed by atoms with Crippen LogP contribution in [0.15, 0.2) is 39.7 Å².